The minimum atomic E-state index is -0.0246. The summed E-state index contributed by atoms with van der Waals surface area (Å²) < 4.78 is 1.66. The summed E-state index contributed by atoms with van der Waals surface area (Å²) in [7, 11) is 1.82. The number of aryl methyl sites for hydroxylation is 1. The van der Waals surface area contributed by atoms with E-state index >= 15 is 0 Å². The SMILES string of the molecule is Cn1cc(C(=O)NC(c2cccs2)C2CCCC2)cn1. The van der Waals surface area contributed by atoms with Gasteiger partial charge in [-0.15, -0.1) is 11.3 Å². The summed E-state index contributed by atoms with van der Waals surface area (Å²) in [5.41, 5.74) is 0.632. The van der Waals surface area contributed by atoms with Crippen molar-refractivity contribution in [3.05, 3.63) is 40.3 Å². The lowest BCUT2D eigenvalue weighted by Gasteiger charge is -2.23. The van der Waals surface area contributed by atoms with Crippen LogP contribution in [0, 0.1) is 5.92 Å². The van der Waals surface area contributed by atoms with Crippen LogP contribution in [0.1, 0.15) is 47.0 Å². The number of aromatic nitrogens is 2. The number of carbonyl (C=O) groups is 1. The Hall–Kier alpha value is -1.62. The van der Waals surface area contributed by atoms with Crippen molar-refractivity contribution in [2.24, 2.45) is 13.0 Å². The van der Waals surface area contributed by atoms with Crippen LogP contribution in [0.2, 0.25) is 0 Å². The molecule has 2 aromatic heterocycles. The van der Waals surface area contributed by atoms with E-state index in [1.54, 1.807) is 28.4 Å². The van der Waals surface area contributed by atoms with E-state index in [1.165, 1.54) is 30.6 Å². The largest absolute Gasteiger partial charge is 0.344 e. The van der Waals surface area contributed by atoms with Gasteiger partial charge in [-0.25, -0.2) is 0 Å². The fraction of sp³-hybridized carbons (Fsp3) is 0.467. The van der Waals surface area contributed by atoms with Crippen molar-refractivity contribution in [1.29, 1.82) is 0 Å². The number of hydrogen-bond acceptors (Lipinski definition) is 3. The lowest BCUT2D eigenvalue weighted by Crippen LogP contribution is -2.32. The maximum absolute atomic E-state index is 12.4. The molecule has 20 heavy (non-hydrogen) atoms. The minimum Gasteiger partial charge on any atom is -0.344 e. The first-order chi connectivity index (χ1) is 9.74. The van der Waals surface area contributed by atoms with Gasteiger partial charge in [0.2, 0.25) is 0 Å². The zero-order valence-electron chi connectivity index (χ0n) is 11.6. The van der Waals surface area contributed by atoms with E-state index in [0.717, 1.165) is 0 Å². The smallest absolute Gasteiger partial charge is 0.254 e. The van der Waals surface area contributed by atoms with E-state index in [9.17, 15) is 4.79 Å². The molecule has 0 saturated heterocycles. The van der Waals surface area contributed by atoms with Gasteiger partial charge in [-0.1, -0.05) is 18.9 Å². The predicted molar refractivity (Wildman–Crippen MR) is 79.7 cm³/mol. The average molecular weight is 289 g/mol. The van der Waals surface area contributed by atoms with Gasteiger partial charge in [0.05, 0.1) is 17.8 Å². The van der Waals surface area contributed by atoms with Crippen LogP contribution >= 0.6 is 11.3 Å². The van der Waals surface area contributed by atoms with Crippen LogP contribution in [0.3, 0.4) is 0 Å². The number of thiophene rings is 1. The van der Waals surface area contributed by atoms with Gasteiger partial charge in [0, 0.05) is 18.1 Å². The van der Waals surface area contributed by atoms with Gasteiger partial charge < -0.3 is 5.32 Å². The molecule has 2 aromatic rings. The lowest BCUT2D eigenvalue weighted by molar-refractivity contribution is 0.0922. The lowest BCUT2D eigenvalue weighted by atomic mass is 9.96. The molecule has 1 aliphatic carbocycles. The molecule has 1 saturated carbocycles. The molecule has 106 valence electrons. The number of rotatable bonds is 4. The van der Waals surface area contributed by atoms with Crippen molar-refractivity contribution < 1.29 is 4.79 Å². The molecule has 1 unspecified atom stereocenters. The number of hydrogen-bond donors (Lipinski definition) is 1. The zero-order chi connectivity index (χ0) is 13.9. The third kappa shape index (κ3) is 2.77. The topological polar surface area (TPSA) is 46.9 Å². The van der Waals surface area contributed by atoms with Crippen LogP contribution in [0.4, 0.5) is 0 Å². The van der Waals surface area contributed by atoms with Crippen molar-refractivity contribution in [1.82, 2.24) is 15.1 Å². The fourth-order valence-corrected chi connectivity index (χ4v) is 3.81. The number of nitrogens with zero attached hydrogens (tertiary/aromatic N) is 2. The summed E-state index contributed by atoms with van der Waals surface area (Å²) in [6, 6.07) is 4.32. The third-order valence-corrected chi connectivity index (χ3v) is 4.93. The Labute approximate surface area is 122 Å². The zero-order valence-corrected chi connectivity index (χ0v) is 12.4. The second-order valence-electron chi connectivity index (χ2n) is 5.41. The highest BCUT2D eigenvalue weighted by molar-refractivity contribution is 7.10. The Morgan fingerprint density at radius 2 is 2.30 bits per heavy atom. The van der Waals surface area contributed by atoms with Crippen LogP contribution in [0.5, 0.6) is 0 Å². The van der Waals surface area contributed by atoms with Crippen molar-refractivity contribution >= 4 is 17.2 Å². The average Bonchev–Trinajstić information content (AvgIpc) is 3.17. The van der Waals surface area contributed by atoms with Crippen LogP contribution < -0.4 is 5.32 Å². The Bertz CT molecular complexity index is 570. The Kier molecular flexibility index (Phi) is 3.87. The highest BCUT2D eigenvalue weighted by Gasteiger charge is 2.28. The first-order valence-corrected chi connectivity index (χ1v) is 7.95. The molecule has 1 N–H and O–H groups in total. The number of amides is 1. The normalized spacial score (nSPS) is 17.2. The van der Waals surface area contributed by atoms with E-state index in [-0.39, 0.29) is 11.9 Å². The predicted octanol–water partition coefficient (Wildman–Crippen LogP) is 3.14. The van der Waals surface area contributed by atoms with Gasteiger partial charge in [0.15, 0.2) is 0 Å². The van der Waals surface area contributed by atoms with Gasteiger partial charge in [-0.3, -0.25) is 9.48 Å². The standard InChI is InChI=1S/C15H19N3OS/c1-18-10-12(9-16-18)15(19)17-14(11-5-2-3-6-11)13-7-4-8-20-13/h4,7-11,14H,2-3,5-6H2,1H3,(H,17,19). The molecule has 0 radical (unpaired) electrons. The molecule has 1 aliphatic rings. The van der Waals surface area contributed by atoms with Crippen molar-refractivity contribution in [2.75, 3.05) is 0 Å². The first-order valence-electron chi connectivity index (χ1n) is 7.07. The third-order valence-electron chi connectivity index (χ3n) is 3.97. The highest BCUT2D eigenvalue weighted by atomic mass is 32.1. The van der Waals surface area contributed by atoms with Gasteiger partial charge in [-0.2, -0.15) is 5.10 Å². The summed E-state index contributed by atoms with van der Waals surface area (Å²) >= 11 is 1.72. The van der Waals surface area contributed by atoms with E-state index < -0.39 is 0 Å². The van der Waals surface area contributed by atoms with E-state index in [0.29, 0.717) is 11.5 Å². The number of nitrogens with one attached hydrogen (secondary N) is 1. The molecule has 0 bridgehead atoms. The molecule has 1 amide bonds. The summed E-state index contributed by atoms with van der Waals surface area (Å²) in [5, 5.41) is 9.35. The first kappa shape index (κ1) is 13.4. The molecular weight excluding hydrogens is 270 g/mol. The second kappa shape index (κ2) is 5.79. The van der Waals surface area contributed by atoms with E-state index in [2.05, 4.69) is 27.9 Å². The second-order valence-corrected chi connectivity index (χ2v) is 6.39. The van der Waals surface area contributed by atoms with Crippen LogP contribution in [-0.2, 0) is 7.05 Å². The summed E-state index contributed by atoms with van der Waals surface area (Å²) in [5.74, 6) is 0.540. The molecular formula is C15H19N3OS. The summed E-state index contributed by atoms with van der Waals surface area (Å²) in [4.78, 5) is 13.6. The van der Waals surface area contributed by atoms with Crippen LogP contribution in [0.15, 0.2) is 29.9 Å². The van der Waals surface area contributed by atoms with Gasteiger partial charge >= 0.3 is 0 Å². The molecule has 0 aromatic carbocycles. The summed E-state index contributed by atoms with van der Waals surface area (Å²) in [6.45, 7) is 0. The molecule has 3 rings (SSSR count). The highest BCUT2D eigenvalue weighted by Crippen LogP contribution is 2.37. The summed E-state index contributed by atoms with van der Waals surface area (Å²) in [6.07, 6.45) is 8.33. The molecule has 2 heterocycles. The Morgan fingerprint density at radius 3 is 2.90 bits per heavy atom. The van der Waals surface area contributed by atoms with E-state index in [1.807, 2.05) is 7.05 Å². The molecule has 0 spiro atoms. The molecule has 0 aliphatic heterocycles. The Balaban J connectivity index is 1.77. The molecule has 5 heteroatoms. The van der Waals surface area contributed by atoms with Gasteiger partial charge in [0.25, 0.3) is 5.91 Å². The minimum absolute atomic E-state index is 0.0246. The van der Waals surface area contributed by atoms with Gasteiger partial charge in [0.1, 0.15) is 0 Å². The van der Waals surface area contributed by atoms with Gasteiger partial charge in [-0.05, 0) is 30.2 Å². The fourth-order valence-electron chi connectivity index (χ4n) is 2.94. The van der Waals surface area contributed by atoms with E-state index in [4.69, 9.17) is 0 Å². The molecule has 4 nitrogen and oxygen atoms in total. The van der Waals surface area contributed by atoms with Crippen LogP contribution in [-0.4, -0.2) is 15.7 Å². The quantitative estimate of drug-likeness (QED) is 0.940. The van der Waals surface area contributed by atoms with Crippen molar-refractivity contribution in [3.63, 3.8) is 0 Å². The Morgan fingerprint density at radius 1 is 1.50 bits per heavy atom. The van der Waals surface area contributed by atoms with Crippen LogP contribution in [0.25, 0.3) is 0 Å². The monoisotopic (exact) mass is 289 g/mol. The molecule has 1 fully saturated rings. The maximum atomic E-state index is 12.4. The maximum Gasteiger partial charge on any atom is 0.254 e. The van der Waals surface area contributed by atoms with Crippen molar-refractivity contribution in [3.8, 4) is 0 Å². The number of carbonyl (C=O) groups excluding carboxylic acids is 1. The van der Waals surface area contributed by atoms with Crippen molar-refractivity contribution in [2.45, 2.75) is 31.7 Å². The molecule has 1 atom stereocenters.